The van der Waals surface area contributed by atoms with Gasteiger partial charge in [-0.1, -0.05) is 13.8 Å². The van der Waals surface area contributed by atoms with Crippen LogP contribution in [-0.2, 0) is 7.05 Å². The van der Waals surface area contributed by atoms with Crippen LogP contribution in [0.25, 0.3) is 0 Å². The fraction of sp³-hybridized carbons (Fsp3) is 0.727. The third-order valence-electron chi connectivity index (χ3n) is 3.17. The summed E-state index contributed by atoms with van der Waals surface area (Å²) in [5.41, 5.74) is 7.04. The van der Waals surface area contributed by atoms with E-state index < -0.39 is 0 Å². The van der Waals surface area contributed by atoms with Gasteiger partial charge in [-0.2, -0.15) is 5.10 Å². The Morgan fingerprint density at radius 2 is 2.33 bits per heavy atom. The molecule has 0 amide bonds. The summed E-state index contributed by atoms with van der Waals surface area (Å²) in [6.45, 7) is 4.63. The van der Waals surface area contributed by atoms with Crippen molar-refractivity contribution in [3.63, 3.8) is 0 Å². The van der Waals surface area contributed by atoms with E-state index in [9.17, 15) is 0 Å². The minimum atomic E-state index is 0.460. The van der Waals surface area contributed by atoms with E-state index in [2.05, 4.69) is 24.3 Å². The number of nitrogens with two attached hydrogens (primary N) is 1. The number of nitrogens with one attached hydrogen (secondary N) is 1. The van der Waals surface area contributed by atoms with Crippen molar-refractivity contribution < 1.29 is 0 Å². The van der Waals surface area contributed by atoms with E-state index in [4.69, 9.17) is 5.73 Å². The lowest BCUT2D eigenvalue weighted by Crippen LogP contribution is -2.18. The van der Waals surface area contributed by atoms with Gasteiger partial charge in [0.05, 0.1) is 5.69 Å². The maximum Gasteiger partial charge on any atom is 0.171 e. The number of hydrogen-bond donors (Lipinski definition) is 2. The van der Waals surface area contributed by atoms with E-state index in [0.717, 1.165) is 11.5 Å². The summed E-state index contributed by atoms with van der Waals surface area (Å²) in [6.07, 6.45) is 5.52. The lowest BCUT2D eigenvalue weighted by molar-refractivity contribution is 0.378. The summed E-state index contributed by atoms with van der Waals surface area (Å²) in [4.78, 5) is 0. The molecule has 15 heavy (non-hydrogen) atoms. The molecule has 1 heterocycles. The lowest BCUT2D eigenvalue weighted by atomic mass is 9.92. The zero-order valence-corrected chi connectivity index (χ0v) is 9.75. The average molecular weight is 208 g/mol. The van der Waals surface area contributed by atoms with Crippen molar-refractivity contribution in [2.75, 3.05) is 11.1 Å². The van der Waals surface area contributed by atoms with E-state index in [1.165, 1.54) is 19.3 Å². The first-order valence-electron chi connectivity index (χ1n) is 5.52. The molecule has 3 N–H and O–H groups in total. The first kappa shape index (κ1) is 10.3. The molecule has 1 aromatic heterocycles. The van der Waals surface area contributed by atoms with Gasteiger partial charge in [-0.25, -0.2) is 0 Å². The summed E-state index contributed by atoms with van der Waals surface area (Å²) >= 11 is 0. The molecule has 0 aromatic carbocycles. The van der Waals surface area contributed by atoms with E-state index in [-0.39, 0.29) is 0 Å². The zero-order valence-electron chi connectivity index (χ0n) is 9.75. The standard InChI is InChI=1S/C11H20N4/c1-11(2)5-4-8(6-11)13-10-9(12)7-15(3)14-10/h7-8H,4-6,12H2,1-3H3,(H,13,14). The Bertz CT molecular complexity index is 353. The summed E-state index contributed by atoms with van der Waals surface area (Å²) in [5, 5.41) is 7.73. The molecule has 0 spiro atoms. The number of aromatic nitrogens is 2. The summed E-state index contributed by atoms with van der Waals surface area (Å²) in [5.74, 6) is 0.834. The predicted molar refractivity (Wildman–Crippen MR) is 62.7 cm³/mol. The van der Waals surface area contributed by atoms with Crippen molar-refractivity contribution in [1.82, 2.24) is 9.78 Å². The van der Waals surface area contributed by atoms with E-state index in [1.807, 2.05) is 13.2 Å². The van der Waals surface area contributed by atoms with Gasteiger partial charge in [-0.3, -0.25) is 4.68 Å². The number of nitrogen functional groups attached to an aromatic ring is 1. The smallest absolute Gasteiger partial charge is 0.171 e. The third-order valence-corrected chi connectivity index (χ3v) is 3.17. The van der Waals surface area contributed by atoms with Gasteiger partial charge in [-0.15, -0.1) is 0 Å². The molecular weight excluding hydrogens is 188 g/mol. The van der Waals surface area contributed by atoms with Crippen molar-refractivity contribution in [2.45, 2.75) is 39.2 Å². The highest BCUT2D eigenvalue weighted by Gasteiger charge is 2.31. The molecule has 1 saturated carbocycles. The Labute approximate surface area is 90.8 Å². The largest absolute Gasteiger partial charge is 0.394 e. The van der Waals surface area contributed by atoms with Crippen molar-refractivity contribution in [3.8, 4) is 0 Å². The second-order valence-corrected chi connectivity index (χ2v) is 5.35. The molecule has 84 valence electrons. The average Bonchev–Trinajstić information content (AvgIpc) is 2.57. The first-order chi connectivity index (χ1) is 6.96. The Kier molecular flexibility index (Phi) is 2.37. The van der Waals surface area contributed by atoms with E-state index in [0.29, 0.717) is 11.5 Å². The van der Waals surface area contributed by atoms with Gasteiger partial charge in [0.2, 0.25) is 0 Å². The van der Waals surface area contributed by atoms with Crippen molar-refractivity contribution in [3.05, 3.63) is 6.20 Å². The quantitative estimate of drug-likeness (QED) is 0.781. The van der Waals surface area contributed by atoms with Crippen LogP contribution >= 0.6 is 0 Å². The van der Waals surface area contributed by atoms with Crippen LogP contribution in [0.5, 0.6) is 0 Å². The van der Waals surface area contributed by atoms with Crippen LogP contribution in [0.15, 0.2) is 6.20 Å². The van der Waals surface area contributed by atoms with Crippen LogP contribution in [0.4, 0.5) is 11.5 Å². The molecule has 0 aliphatic heterocycles. The summed E-state index contributed by atoms with van der Waals surface area (Å²) in [6, 6.07) is 0.525. The third kappa shape index (κ3) is 2.25. The maximum atomic E-state index is 5.84. The lowest BCUT2D eigenvalue weighted by Gasteiger charge is -2.17. The molecule has 1 aromatic rings. The highest BCUT2D eigenvalue weighted by atomic mass is 15.3. The number of nitrogens with zero attached hydrogens (tertiary/aromatic N) is 2. The zero-order chi connectivity index (χ0) is 11.1. The highest BCUT2D eigenvalue weighted by Crippen LogP contribution is 2.38. The van der Waals surface area contributed by atoms with Crippen molar-refractivity contribution >= 4 is 11.5 Å². The minimum absolute atomic E-state index is 0.460. The first-order valence-corrected chi connectivity index (χ1v) is 5.52. The molecule has 1 atom stereocenters. The highest BCUT2D eigenvalue weighted by molar-refractivity contribution is 5.60. The van der Waals surface area contributed by atoms with Gasteiger partial charge in [0, 0.05) is 19.3 Å². The summed E-state index contributed by atoms with van der Waals surface area (Å²) < 4.78 is 1.75. The maximum absolute atomic E-state index is 5.84. The van der Waals surface area contributed by atoms with Crippen LogP contribution < -0.4 is 11.1 Å². The van der Waals surface area contributed by atoms with Gasteiger partial charge >= 0.3 is 0 Å². The Hall–Kier alpha value is -1.19. The molecule has 4 heteroatoms. The van der Waals surface area contributed by atoms with Crippen molar-refractivity contribution in [1.29, 1.82) is 0 Å². The molecule has 1 aliphatic carbocycles. The van der Waals surface area contributed by atoms with Gasteiger partial charge in [-0.05, 0) is 24.7 Å². The number of rotatable bonds is 2. The number of aryl methyl sites for hydroxylation is 1. The second-order valence-electron chi connectivity index (χ2n) is 5.35. The van der Waals surface area contributed by atoms with Gasteiger partial charge in [0.25, 0.3) is 0 Å². The SMILES string of the molecule is Cn1cc(N)c(NC2CCC(C)(C)C2)n1. The van der Waals surface area contributed by atoms with E-state index >= 15 is 0 Å². The van der Waals surface area contributed by atoms with Crippen molar-refractivity contribution in [2.24, 2.45) is 12.5 Å². The molecule has 0 bridgehead atoms. The molecule has 4 nitrogen and oxygen atoms in total. The Morgan fingerprint density at radius 3 is 2.80 bits per heavy atom. The minimum Gasteiger partial charge on any atom is -0.394 e. The Balaban J connectivity index is 2.01. The fourth-order valence-electron chi connectivity index (χ4n) is 2.37. The molecule has 0 radical (unpaired) electrons. The van der Waals surface area contributed by atoms with Gasteiger partial charge < -0.3 is 11.1 Å². The summed E-state index contributed by atoms with van der Waals surface area (Å²) in [7, 11) is 1.89. The molecule has 1 fully saturated rings. The topological polar surface area (TPSA) is 55.9 Å². The van der Waals surface area contributed by atoms with Crippen LogP contribution in [-0.4, -0.2) is 15.8 Å². The Morgan fingerprint density at radius 1 is 1.60 bits per heavy atom. The monoisotopic (exact) mass is 208 g/mol. The molecule has 2 rings (SSSR count). The molecule has 1 aliphatic rings. The van der Waals surface area contributed by atoms with Crippen LogP contribution in [0.3, 0.4) is 0 Å². The molecule has 1 unspecified atom stereocenters. The fourth-order valence-corrected chi connectivity index (χ4v) is 2.37. The normalized spacial score (nSPS) is 24.3. The molecular formula is C11H20N4. The number of anilines is 2. The predicted octanol–water partition coefficient (Wildman–Crippen LogP) is 1.99. The van der Waals surface area contributed by atoms with Gasteiger partial charge in [0.15, 0.2) is 5.82 Å². The van der Waals surface area contributed by atoms with Crippen LogP contribution in [0.2, 0.25) is 0 Å². The molecule has 0 saturated heterocycles. The van der Waals surface area contributed by atoms with Gasteiger partial charge in [0.1, 0.15) is 0 Å². The second kappa shape index (κ2) is 3.43. The van der Waals surface area contributed by atoms with Crippen LogP contribution in [0, 0.1) is 5.41 Å². The number of hydrogen-bond acceptors (Lipinski definition) is 3. The van der Waals surface area contributed by atoms with Crippen LogP contribution in [0.1, 0.15) is 33.1 Å². The van der Waals surface area contributed by atoms with E-state index in [1.54, 1.807) is 4.68 Å².